The Morgan fingerprint density at radius 3 is 1.21 bits per heavy atom. The van der Waals surface area contributed by atoms with Gasteiger partial charge in [0.05, 0.1) is 37.1 Å². The van der Waals surface area contributed by atoms with Gasteiger partial charge in [-0.3, -0.25) is 0 Å². The number of hydrogen-bond acceptors (Lipinski definition) is 12. The van der Waals surface area contributed by atoms with Gasteiger partial charge >= 0.3 is 8.80 Å². The van der Waals surface area contributed by atoms with Gasteiger partial charge in [0, 0.05) is 26.5 Å². The first-order valence-corrected chi connectivity index (χ1v) is 20.1. The summed E-state index contributed by atoms with van der Waals surface area (Å²) >= 11 is 0. The first-order chi connectivity index (χ1) is 24.1. The molecule has 0 N–H and O–H groups in total. The maximum absolute atomic E-state index is 6.05. The molecule has 52 heavy (non-hydrogen) atoms. The van der Waals surface area contributed by atoms with Crippen molar-refractivity contribution in [1.29, 1.82) is 0 Å². The normalized spacial score (nSPS) is 23.7. The van der Waals surface area contributed by atoms with Crippen LogP contribution in [-0.4, -0.2) is 109 Å². The van der Waals surface area contributed by atoms with Gasteiger partial charge in [0.1, 0.15) is 26.4 Å². The zero-order valence-electron chi connectivity index (χ0n) is 34.5. The first-order valence-electron chi connectivity index (χ1n) is 18.4. The highest BCUT2D eigenvalue weighted by atomic mass is 28.4. The van der Waals surface area contributed by atoms with Crippen LogP contribution in [0.2, 0.25) is 0 Å². The summed E-state index contributed by atoms with van der Waals surface area (Å²) in [7, 11) is 1.95. The quantitative estimate of drug-likeness (QED) is 0.288. The van der Waals surface area contributed by atoms with Crippen LogP contribution in [0.5, 0.6) is 0 Å². The minimum atomic E-state index is -2.88. The number of rotatable bonds is 8. The third-order valence-corrected chi connectivity index (χ3v) is 12.6. The van der Waals surface area contributed by atoms with Gasteiger partial charge in [-0.2, -0.15) is 0 Å². The van der Waals surface area contributed by atoms with Gasteiger partial charge in [-0.15, -0.1) is 0 Å². The number of ether oxygens (including phenoxy) is 4. The zero-order chi connectivity index (χ0) is 38.7. The summed E-state index contributed by atoms with van der Waals surface area (Å²) in [5.74, 6) is 1.54. The summed E-state index contributed by atoms with van der Waals surface area (Å²) < 4.78 is 40.2. The number of benzene rings is 1. The van der Waals surface area contributed by atoms with Gasteiger partial charge in [-0.05, 0) is 27.2 Å². The highest BCUT2D eigenvalue weighted by Gasteiger charge is 2.41. The van der Waals surface area contributed by atoms with Crippen LogP contribution in [0.25, 0.3) is 0 Å². The predicted molar refractivity (Wildman–Crippen MR) is 210 cm³/mol. The van der Waals surface area contributed by atoms with E-state index in [-0.39, 0.29) is 45.8 Å². The SMILES string of the molecule is CC(C)(C)[C@H]1COC(CC2=N[C@@H](C(C)(C)C)CO2)=N1.CO[Si](OC)(OC)c1ccc(CN(C2=N[C@@H](C(C)(C)C)CO2)C2=N[C@@H](C(C)(C)C)CO2)cc1. The molecule has 0 radical (unpaired) electrons. The van der Waals surface area contributed by atoms with E-state index in [4.69, 9.17) is 42.2 Å². The molecular weight excluding hydrogens is 679 g/mol. The molecule has 0 bridgehead atoms. The lowest BCUT2D eigenvalue weighted by atomic mass is 9.88. The Bertz CT molecular complexity index is 1390. The fourth-order valence-corrected chi connectivity index (χ4v) is 7.56. The molecule has 1 aromatic rings. The van der Waals surface area contributed by atoms with E-state index in [1.165, 1.54) is 0 Å². The summed E-state index contributed by atoms with van der Waals surface area (Å²) in [6.07, 6.45) is 0.596. The second-order valence-corrected chi connectivity index (χ2v) is 21.2. The Labute approximate surface area is 313 Å². The van der Waals surface area contributed by atoms with Crippen LogP contribution in [0.15, 0.2) is 44.2 Å². The molecule has 0 saturated carbocycles. The fraction of sp³-hybridized carbons (Fsp3) is 0.744. The molecule has 4 heterocycles. The molecule has 0 aliphatic carbocycles. The Morgan fingerprint density at radius 2 is 0.904 bits per heavy atom. The number of hydrogen-bond donors (Lipinski definition) is 0. The van der Waals surface area contributed by atoms with Crippen LogP contribution in [0.4, 0.5) is 0 Å². The van der Waals surface area contributed by atoms with E-state index in [1.54, 1.807) is 21.3 Å². The van der Waals surface area contributed by atoms with Crippen molar-refractivity contribution in [3.05, 3.63) is 29.8 Å². The van der Waals surface area contributed by atoms with E-state index in [9.17, 15) is 0 Å². The van der Waals surface area contributed by atoms with Gasteiger partial charge in [-0.25, -0.2) is 24.9 Å². The fourth-order valence-electron chi connectivity index (χ4n) is 5.78. The molecule has 0 unspecified atom stereocenters. The van der Waals surface area contributed by atoms with Crippen molar-refractivity contribution < 1.29 is 32.2 Å². The van der Waals surface area contributed by atoms with E-state index in [0.717, 1.165) is 22.5 Å². The Morgan fingerprint density at radius 1 is 0.558 bits per heavy atom. The molecule has 5 rings (SSSR count). The smallest absolute Gasteiger partial charge is 0.478 e. The van der Waals surface area contributed by atoms with Crippen molar-refractivity contribution in [2.45, 2.75) is 120 Å². The van der Waals surface area contributed by atoms with Gasteiger partial charge in [0.2, 0.25) is 0 Å². The lowest BCUT2D eigenvalue weighted by Gasteiger charge is -2.25. The Hall–Kier alpha value is -3.00. The third kappa shape index (κ3) is 10.4. The molecule has 0 aromatic heterocycles. The molecule has 12 nitrogen and oxygen atoms in total. The van der Waals surface area contributed by atoms with Crippen molar-refractivity contribution in [2.75, 3.05) is 47.8 Å². The molecule has 1 aromatic carbocycles. The lowest BCUT2D eigenvalue weighted by Crippen LogP contribution is -2.54. The van der Waals surface area contributed by atoms with Crippen LogP contribution in [0.1, 0.15) is 95.1 Å². The summed E-state index contributed by atoms with van der Waals surface area (Å²) in [5, 5.41) is 0.898. The summed E-state index contributed by atoms with van der Waals surface area (Å²) in [5.41, 5.74) is 1.37. The number of nitrogens with zero attached hydrogens (tertiary/aromatic N) is 5. The minimum Gasteiger partial charge on any atom is -0.478 e. The van der Waals surface area contributed by atoms with Gasteiger partial charge in [0.25, 0.3) is 12.0 Å². The minimum absolute atomic E-state index is 0.00969. The largest absolute Gasteiger partial charge is 0.536 e. The molecule has 4 aliphatic rings. The second-order valence-electron chi connectivity index (χ2n) is 18.3. The van der Waals surface area contributed by atoms with E-state index < -0.39 is 8.80 Å². The highest BCUT2D eigenvalue weighted by Crippen LogP contribution is 2.31. The zero-order valence-corrected chi connectivity index (χ0v) is 35.5. The average Bonchev–Trinajstić information content (AvgIpc) is 3.88. The molecule has 4 atom stereocenters. The van der Waals surface area contributed by atoms with Gasteiger partial charge < -0.3 is 32.2 Å². The molecular formula is C39H65N5O7Si. The molecule has 13 heteroatoms. The first kappa shape index (κ1) is 41.7. The van der Waals surface area contributed by atoms with E-state index in [0.29, 0.717) is 51.4 Å². The molecule has 0 fully saturated rings. The monoisotopic (exact) mass is 743 g/mol. The van der Waals surface area contributed by atoms with Crippen LogP contribution >= 0.6 is 0 Å². The van der Waals surface area contributed by atoms with Crippen LogP contribution in [-0.2, 0) is 38.8 Å². The summed E-state index contributed by atoms with van der Waals surface area (Å²) in [6, 6.07) is 9.79. The van der Waals surface area contributed by atoms with Crippen LogP contribution < -0.4 is 5.19 Å². The summed E-state index contributed by atoms with van der Waals surface area (Å²) in [4.78, 5) is 21.0. The standard InChI is InChI=1S/C24H39N3O5Si.C15H26N2O2/c1-23(2,3)19-15-31-21(25-19)27(22-26-20(16-32-22)24(4,5)6)14-17-10-12-18(13-11-17)33(28-7,29-8)30-9;1-14(2,3)10-8-18-12(16-10)7-13-17-11(9-19-13)15(4,5)6/h10-13,19-20H,14-16H2,1-9H3;10-11H,7-9H2,1-6H3/t19-,20-;10-,11-/m11/s1. The molecule has 0 saturated heterocycles. The highest BCUT2D eigenvalue weighted by molar-refractivity contribution is 6.75. The topological polar surface area (TPSA) is 117 Å². The van der Waals surface area contributed by atoms with Crippen molar-refractivity contribution in [3.8, 4) is 0 Å². The van der Waals surface area contributed by atoms with E-state index >= 15 is 0 Å². The second kappa shape index (κ2) is 16.2. The number of amidine groups is 2. The van der Waals surface area contributed by atoms with Crippen molar-refractivity contribution in [3.63, 3.8) is 0 Å². The van der Waals surface area contributed by atoms with Crippen molar-refractivity contribution in [2.24, 2.45) is 41.6 Å². The number of aliphatic imine (C=N–C) groups is 4. The van der Waals surface area contributed by atoms with E-state index in [1.807, 2.05) is 29.2 Å². The van der Waals surface area contributed by atoms with Crippen LogP contribution in [0, 0.1) is 21.7 Å². The third-order valence-electron chi connectivity index (χ3n) is 9.91. The average molecular weight is 744 g/mol. The van der Waals surface area contributed by atoms with Gasteiger partial charge in [0.15, 0.2) is 11.8 Å². The van der Waals surface area contributed by atoms with E-state index in [2.05, 4.69) is 93.1 Å². The van der Waals surface area contributed by atoms with Crippen molar-refractivity contribution in [1.82, 2.24) is 4.90 Å². The van der Waals surface area contributed by atoms with Crippen molar-refractivity contribution >= 4 is 37.8 Å². The Balaban J connectivity index is 0.000000269. The maximum atomic E-state index is 6.05. The lowest BCUT2D eigenvalue weighted by molar-refractivity contribution is 0.140. The molecule has 4 aliphatic heterocycles. The molecule has 292 valence electrons. The predicted octanol–water partition coefficient (Wildman–Crippen LogP) is 6.24. The molecule has 0 amide bonds. The molecule has 0 spiro atoms. The van der Waals surface area contributed by atoms with Crippen LogP contribution in [0.3, 0.4) is 0 Å². The summed E-state index contributed by atoms with van der Waals surface area (Å²) in [6.45, 7) is 29.1. The van der Waals surface area contributed by atoms with Gasteiger partial charge in [-0.1, -0.05) is 107 Å². The Kier molecular flexibility index (Phi) is 13.0. The maximum Gasteiger partial charge on any atom is 0.536 e.